The van der Waals surface area contributed by atoms with Crippen LogP contribution in [0.3, 0.4) is 0 Å². The van der Waals surface area contributed by atoms with Crippen molar-refractivity contribution in [1.29, 1.82) is 0 Å². The first kappa shape index (κ1) is 19.5. The number of ether oxygens (including phenoxy) is 1. The molecule has 1 unspecified atom stereocenters. The summed E-state index contributed by atoms with van der Waals surface area (Å²) >= 11 is 3.36. The van der Waals surface area contributed by atoms with Gasteiger partial charge >= 0.3 is 0 Å². The first-order valence-corrected chi connectivity index (χ1v) is 10.0. The Bertz CT molecular complexity index is 1040. The van der Waals surface area contributed by atoms with Gasteiger partial charge in [-0.05, 0) is 64.2 Å². The summed E-state index contributed by atoms with van der Waals surface area (Å²) in [6.07, 6.45) is 5.42. The minimum atomic E-state index is -0.278. The second-order valence-corrected chi connectivity index (χ2v) is 8.00. The van der Waals surface area contributed by atoms with Crippen molar-refractivity contribution >= 4 is 21.8 Å². The molecule has 0 spiro atoms. The number of nitrogens with zero attached hydrogens (tertiary/aromatic N) is 3. The summed E-state index contributed by atoms with van der Waals surface area (Å²) in [7, 11) is 0. The van der Waals surface area contributed by atoms with E-state index in [9.17, 15) is 9.18 Å². The first-order chi connectivity index (χ1) is 14.0. The van der Waals surface area contributed by atoms with Crippen molar-refractivity contribution in [3.05, 3.63) is 87.5 Å². The van der Waals surface area contributed by atoms with Crippen LogP contribution < -0.4 is 4.74 Å². The number of carbonyl (C=O) groups is 1. The molecule has 2 aromatic heterocycles. The Hall–Kier alpha value is -2.80. The summed E-state index contributed by atoms with van der Waals surface area (Å²) in [5.74, 6) is 0.0796. The predicted molar refractivity (Wildman–Crippen MR) is 110 cm³/mol. The van der Waals surface area contributed by atoms with Gasteiger partial charge in [0.2, 0.25) is 5.88 Å². The van der Waals surface area contributed by atoms with E-state index in [4.69, 9.17) is 4.74 Å². The molecule has 0 fully saturated rings. The molecule has 0 saturated carbocycles. The van der Waals surface area contributed by atoms with E-state index in [2.05, 4.69) is 25.9 Å². The molecule has 1 amide bonds. The van der Waals surface area contributed by atoms with Gasteiger partial charge in [-0.2, -0.15) is 0 Å². The lowest BCUT2D eigenvalue weighted by Gasteiger charge is -2.36. The summed E-state index contributed by atoms with van der Waals surface area (Å²) in [6.45, 7) is 2.60. The highest BCUT2D eigenvalue weighted by atomic mass is 79.9. The summed E-state index contributed by atoms with van der Waals surface area (Å²) in [5, 5.41) is 0. The largest absolute Gasteiger partial charge is 0.475 e. The van der Waals surface area contributed by atoms with Crippen molar-refractivity contribution in [2.24, 2.45) is 0 Å². The molecule has 5 nitrogen and oxygen atoms in total. The molecule has 29 heavy (non-hydrogen) atoms. The Balaban J connectivity index is 1.60. The highest BCUT2D eigenvalue weighted by molar-refractivity contribution is 9.10. The number of hydrogen-bond donors (Lipinski definition) is 0. The van der Waals surface area contributed by atoms with E-state index in [0.717, 1.165) is 21.2 Å². The number of aryl methyl sites for hydroxylation is 1. The van der Waals surface area contributed by atoms with E-state index in [1.807, 2.05) is 13.0 Å². The molecule has 3 aromatic rings. The van der Waals surface area contributed by atoms with Crippen molar-refractivity contribution in [3.8, 4) is 5.88 Å². The molecule has 0 radical (unpaired) electrons. The van der Waals surface area contributed by atoms with Crippen LogP contribution in [0.1, 0.15) is 27.0 Å². The van der Waals surface area contributed by atoms with Crippen LogP contribution in [0.25, 0.3) is 0 Å². The number of carbonyl (C=O) groups excluding carboxylic acids is 1. The lowest BCUT2D eigenvalue weighted by Crippen LogP contribution is -2.47. The number of rotatable bonds is 4. The Morgan fingerprint density at radius 2 is 2.07 bits per heavy atom. The van der Waals surface area contributed by atoms with E-state index < -0.39 is 0 Å². The number of aromatic nitrogens is 2. The maximum absolute atomic E-state index is 13.7. The summed E-state index contributed by atoms with van der Waals surface area (Å²) in [4.78, 5) is 23.3. The van der Waals surface area contributed by atoms with Crippen molar-refractivity contribution in [3.63, 3.8) is 0 Å². The smallest absolute Gasteiger partial charge is 0.256 e. The van der Waals surface area contributed by atoms with E-state index >= 15 is 0 Å². The predicted octanol–water partition coefficient (Wildman–Crippen LogP) is 4.33. The van der Waals surface area contributed by atoms with Crippen molar-refractivity contribution < 1.29 is 13.9 Å². The second-order valence-electron chi connectivity index (χ2n) is 7.08. The second kappa shape index (κ2) is 8.29. The van der Waals surface area contributed by atoms with Crippen molar-refractivity contribution in [2.45, 2.75) is 25.9 Å². The molecule has 0 bridgehead atoms. The van der Waals surface area contributed by atoms with Crippen LogP contribution in [0.15, 0.2) is 59.5 Å². The molecule has 0 saturated heterocycles. The minimum Gasteiger partial charge on any atom is -0.475 e. The molecule has 4 rings (SSSR count). The van der Waals surface area contributed by atoms with Gasteiger partial charge in [-0.25, -0.2) is 9.37 Å². The Kier molecular flexibility index (Phi) is 5.58. The van der Waals surface area contributed by atoms with Crippen LogP contribution in [-0.2, 0) is 13.0 Å². The third kappa shape index (κ3) is 4.45. The molecule has 1 atom stereocenters. The minimum absolute atomic E-state index is 0.140. The Morgan fingerprint density at radius 3 is 2.83 bits per heavy atom. The molecular formula is C22H19BrFN3O2. The van der Waals surface area contributed by atoms with Gasteiger partial charge in [0.25, 0.3) is 5.91 Å². The van der Waals surface area contributed by atoms with Gasteiger partial charge in [-0.3, -0.25) is 9.78 Å². The third-order valence-corrected chi connectivity index (χ3v) is 5.36. The fourth-order valence-corrected chi connectivity index (χ4v) is 3.78. The average Bonchev–Trinajstić information content (AvgIpc) is 2.72. The molecule has 1 aromatic carbocycles. The maximum atomic E-state index is 13.7. The number of hydrogen-bond acceptors (Lipinski definition) is 4. The number of amides is 1. The van der Waals surface area contributed by atoms with Crippen molar-refractivity contribution in [2.75, 3.05) is 6.61 Å². The van der Waals surface area contributed by atoms with Gasteiger partial charge in [0.1, 0.15) is 12.4 Å². The van der Waals surface area contributed by atoms with E-state index in [1.54, 1.807) is 41.7 Å². The number of halogens is 2. The van der Waals surface area contributed by atoms with Crippen LogP contribution in [0, 0.1) is 12.7 Å². The summed E-state index contributed by atoms with van der Waals surface area (Å²) in [5.41, 5.74) is 3.36. The highest BCUT2D eigenvalue weighted by Gasteiger charge is 2.31. The highest BCUT2D eigenvalue weighted by Crippen LogP contribution is 2.27. The first-order valence-electron chi connectivity index (χ1n) is 9.24. The monoisotopic (exact) mass is 455 g/mol. The molecule has 1 aliphatic heterocycles. The van der Waals surface area contributed by atoms with Crippen LogP contribution in [0.5, 0.6) is 5.88 Å². The van der Waals surface area contributed by atoms with Gasteiger partial charge in [0.05, 0.1) is 11.6 Å². The fraction of sp³-hybridized carbons (Fsp3) is 0.227. The molecular weight excluding hydrogens is 437 g/mol. The van der Waals surface area contributed by atoms with Crippen LogP contribution in [-0.4, -0.2) is 33.4 Å². The topological polar surface area (TPSA) is 55.3 Å². The van der Waals surface area contributed by atoms with Gasteiger partial charge in [-0.1, -0.05) is 12.1 Å². The van der Waals surface area contributed by atoms with Crippen LogP contribution >= 0.6 is 15.9 Å². The molecule has 148 valence electrons. The van der Waals surface area contributed by atoms with Gasteiger partial charge < -0.3 is 9.64 Å². The standard InChI is InChI=1S/C22H19BrFN3O2/c1-14-2-5-21(26-9-14)29-13-20-8-16-7-19(24)4-3-15(16)12-27(20)22(28)17-6-18(23)11-25-10-17/h2-7,9-11,20H,8,12-13H2,1H3. The zero-order valence-corrected chi connectivity index (χ0v) is 17.4. The van der Waals surface area contributed by atoms with Gasteiger partial charge in [0, 0.05) is 35.7 Å². The third-order valence-electron chi connectivity index (χ3n) is 4.93. The van der Waals surface area contributed by atoms with E-state index in [-0.39, 0.29) is 24.4 Å². The van der Waals surface area contributed by atoms with Gasteiger partial charge in [-0.15, -0.1) is 0 Å². The summed E-state index contributed by atoms with van der Waals surface area (Å²) in [6, 6.07) is 9.92. The fourth-order valence-electron chi connectivity index (χ4n) is 3.42. The summed E-state index contributed by atoms with van der Waals surface area (Å²) < 4.78 is 20.3. The molecule has 0 N–H and O–H groups in total. The Morgan fingerprint density at radius 1 is 1.21 bits per heavy atom. The van der Waals surface area contributed by atoms with Crippen molar-refractivity contribution in [1.82, 2.24) is 14.9 Å². The van der Waals surface area contributed by atoms with Crippen LogP contribution in [0.2, 0.25) is 0 Å². The Labute approximate surface area is 176 Å². The average molecular weight is 456 g/mol. The normalized spacial score (nSPS) is 15.7. The quantitative estimate of drug-likeness (QED) is 0.587. The lowest BCUT2D eigenvalue weighted by atomic mass is 9.93. The molecule has 3 heterocycles. The van der Waals surface area contributed by atoms with E-state index in [0.29, 0.717) is 24.4 Å². The number of benzene rings is 1. The lowest BCUT2D eigenvalue weighted by molar-refractivity contribution is 0.0562. The zero-order valence-electron chi connectivity index (χ0n) is 15.8. The molecule has 0 aliphatic carbocycles. The van der Waals surface area contributed by atoms with Crippen LogP contribution in [0.4, 0.5) is 4.39 Å². The zero-order chi connectivity index (χ0) is 20.4. The van der Waals surface area contributed by atoms with E-state index in [1.165, 1.54) is 12.1 Å². The molecule has 1 aliphatic rings. The molecule has 7 heteroatoms. The number of pyridine rings is 2. The SMILES string of the molecule is Cc1ccc(OCC2Cc3cc(F)ccc3CN2C(=O)c2cncc(Br)c2)nc1. The maximum Gasteiger partial charge on any atom is 0.256 e. The number of fused-ring (bicyclic) bond motifs is 1. The van der Waals surface area contributed by atoms with Gasteiger partial charge in [0.15, 0.2) is 0 Å².